The fourth-order valence-corrected chi connectivity index (χ4v) is 6.16. The minimum Gasteiger partial charge on any atom is -0.394 e. The number of hydrogen-bond acceptors (Lipinski definition) is 17. The van der Waals surface area contributed by atoms with Crippen molar-refractivity contribution in [2.24, 2.45) is 34.6 Å². The summed E-state index contributed by atoms with van der Waals surface area (Å²) >= 11 is 0. The van der Waals surface area contributed by atoms with Crippen LogP contribution in [0.2, 0.25) is 0 Å². The van der Waals surface area contributed by atoms with Crippen LogP contribution >= 0.6 is 0 Å². The molecule has 17 nitrogen and oxygen atoms in total. The van der Waals surface area contributed by atoms with Crippen LogP contribution in [0.25, 0.3) is 0 Å². The summed E-state index contributed by atoms with van der Waals surface area (Å²) in [6.07, 6.45) is -14.0. The minimum absolute atomic E-state index is 0.0950. The standard InChI is InChI=1S/C24H47N5O12/c25-4-7-1-11(15(28)20(35)17(7)32)37-10-3-14(38-12(10)5-30)40-23-18(33)8(26)2-9(27)22(23)41-24-16(29)21(36)19(34)13(6-31)39-24/h7-24,30-36H,1-6,25-29H2. The van der Waals surface area contributed by atoms with E-state index in [1.54, 1.807) is 0 Å². The largest absolute Gasteiger partial charge is 0.394 e. The van der Waals surface area contributed by atoms with E-state index in [1.165, 1.54) is 0 Å². The molecule has 0 bridgehead atoms. The summed E-state index contributed by atoms with van der Waals surface area (Å²) in [5.41, 5.74) is 30.3. The molecule has 0 aromatic carbocycles. The van der Waals surface area contributed by atoms with E-state index in [4.69, 9.17) is 52.4 Å². The second-order valence-corrected chi connectivity index (χ2v) is 11.6. The third-order valence-corrected chi connectivity index (χ3v) is 8.78. The van der Waals surface area contributed by atoms with Crippen LogP contribution in [-0.4, -0.2) is 159 Å². The van der Waals surface area contributed by atoms with Crippen LogP contribution in [0.15, 0.2) is 0 Å². The molecule has 17 heteroatoms. The van der Waals surface area contributed by atoms with Crippen molar-refractivity contribution in [2.45, 2.75) is 123 Å². The molecule has 17 N–H and O–H groups in total. The molecule has 0 aromatic heterocycles. The maximum Gasteiger partial charge on any atom is 0.176 e. The van der Waals surface area contributed by atoms with Crippen molar-refractivity contribution in [3.63, 3.8) is 0 Å². The molecule has 41 heavy (non-hydrogen) atoms. The monoisotopic (exact) mass is 597 g/mol. The van der Waals surface area contributed by atoms with Crippen molar-refractivity contribution in [3.05, 3.63) is 0 Å². The average Bonchev–Trinajstić information content (AvgIpc) is 3.34. The van der Waals surface area contributed by atoms with Crippen LogP contribution in [0.3, 0.4) is 0 Å². The van der Waals surface area contributed by atoms with Gasteiger partial charge >= 0.3 is 0 Å². The van der Waals surface area contributed by atoms with Gasteiger partial charge in [0.15, 0.2) is 12.6 Å². The first-order chi connectivity index (χ1) is 19.4. The van der Waals surface area contributed by atoms with Crippen molar-refractivity contribution in [1.82, 2.24) is 0 Å². The Bertz CT molecular complexity index is 834. The molecule has 4 fully saturated rings. The van der Waals surface area contributed by atoms with Gasteiger partial charge in [0.2, 0.25) is 0 Å². The third-order valence-electron chi connectivity index (χ3n) is 8.78. The summed E-state index contributed by atoms with van der Waals surface area (Å²) in [7, 11) is 0. The first-order valence-corrected chi connectivity index (χ1v) is 14.0. The first kappa shape index (κ1) is 33.2. The van der Waals surface area contributed by atoms with Gasteiger partial charge in [0.25, 0.3) is 0 Å². The molecule has 4 aliphatic rings. The molecule has 0 amide bonds. The van der Waals surface area contributed by atoms with Gasteiger partial charge < -0.3 is 88.1 Å². The Balaban J connectivity index is 1.45. The molecule has 0 aromatic rings. The van der Waals surface area contributed by atoms with Gasteiger partial charge in [-0.3, -0.25) is 0 Å². The fraction of sp³-hybridized carbons (Fsp3) is 1.00. The van der Waals surface area contributed by atoms with Gasteiger partial charge in [-0.15, -0.1) is 0 Å². The molecular formula is C24H47N5O12. The second-order valence-electron chi connectivity index (χ2n) is 11.6. The quantitative estimate of drug-likeness (QED) is 0.117. The normalized spacial score (nSPS) is 53.0. The van der Waals surface area contributed by atoms with Gasteiger partial charge in [-0.2, -0.15) is 0 Å². The van der Waals surface area contributed by atoms with E-state index in [1.807, 2.05) is 0 Å². The number of rotatable bonds is 9. The van der Waals surface area contributed by atoms with E-state index >= 15 is 0 Å². The molecule has 0 spiro atoms. The number of hydrogen-bond donors (Lipinski definition) is 12. The number of aliphatic hydroxyl groups excluding tert-OH is 7. The predicted octanol–water partition coefficient (Wildman–Crippen LogP) is -7.17. The maximum atomic E-state index is 11.0. The summed E-state index contributed by atoms with van der Waals surface area (Å²) in [6.45, 7) is -0.925. The molecule has 240 valence electrons. The fourth-order valence-electron chi connectivity index (χ4n) is 6.16. The molecule has 2 aliphatic carbocycles. The predicted molar refractivity (Wildman–Crippen MR) is 138 cm³/mol. The Hall–Kier alpha value is -0.680. The highest BCUT2D eigenvalue weighted by Crippen LogP contribution is 2.35. The van der Waals surface area contributed by atoms with E-state index in [0.29, 0.717) is 0 Å². The highest BCUT2D eigenvalue weighted by atomic mass is 16.7. The Morgan fingerprint density at radius 1 is 0.610 bits per heavy atom. The molecule has 2 saturated heterocycles. The summed E-state index contributed by atoms with van der Waals surface area (Å²) in [4.78, 5) is 0. The number of aliphatic hydroxyl groups is 7. The van der Waals surface area contributed by atoms with Crippen molar-refractivity contribution in [3.8, 4) is 0 Å². The average molecular weight is 598 g/mol. The lowest BCUT2D eigenvalue weighted by atomic mass is 9.79. The highest BCUT2D eigenvalue weighted by molar-refractivity contribution is 5.01. The van der Waals surface area contributed by atoms with E-state index in [9.17, 15) is 35.7 Å². The lowest BCUT2D eigenvalue weighted by Crippen LogP contribution is -2.67. The Morgan fingerprint density at radius 3 is 1.90 bits per heavy atom. The zero-order valence-corrected chi connectivity index (χ0v) is 22.7. The van der Waals surface area contributed by atoms with Gasteiger partial charge in [0.1, 0.15) is 36.6 Å². The molecule has 0 radical (unpaired) electrons. The Morgan fingerprint density at radius 2 is 1.27 bits per heavy atom. The van der Waals surface area contributed by atoms with Crippen molar-refractivity contribution < 1.29 is 59.4 Å². The van der Waals surface area contributed by atoms with Crippen LogP contribution in [0.1, 0.15) is 19.3 Å². The molecule has 18 unspecified atom stereocenters. The van der Waals surface area contributed by atoms with Crippen LogP contribution in [0.5, 0.6) is 0 Å². The Kier molecular flexibility index (Phi) is 11.3. The SMILES string of the molecule is NCC1CC(OC2CC(OC3C(O)C(N)CC(N)C3OC3OC(CO)C(O)C(O)C3N)OC2CO)C(N)C(O)C1O. The molecule has 2 saturated carbocycles. The Labute approximate surface area is 237 Å². The van der Waals surface area contributed by atoms with Crippen LogP contribution in [-0.2, 0) is 23.7 Å². The summed E-state index contributed by atoms with van der Waals surface area (Å²) in [6, 6.07) is -3.66. The highest BCUT2D eigenvalue weighted by Gasteiger charge is 2.51. The lowest BCUT2D eigenvalue weighted by molar-refractivity contribution is -0.307. The molecular weight excluding hydrogens is 550 g/mol. The van der Waals surface area contributed by atoms with Gasteiger partial charge in [-0.05, 0) is 19.4 Å². The van der Waals surface area contributed by atoms with E-state index in [-0.39, 0.29) is 25.8 Å². The summed E-state index contributed by atoms with van der Waals surface area (Å²) in [5, 5.41) is 71.5. The summed E-state index contributed by atoms with van der Waals surface area (Å²) < 4.78 is 29.7. The zero-order valence-electron chi connectivity index (χ0n) is 22.7. The van der Waals surface area contributed by atoms with Gasteiger partial charge in [0.05, 0.1) is 55.8 Å². The van der Waals surface area contributed by atoms with E-state index < -0.39 is 123 Å². The van der Waals surface area contributed by atoms with E-state index in [0.717, 1.165) is 0 Å². The van der Waals surface area contributed by atoms with Crippen molar-refractivity contribution in [2.75, 3.05) is 19.8 Å². The maximum absolute atomic E-state index is 11.0. The van der Waals surface area contributed by atoms with Gasteiger partial charge in [-0.25, -0.2) is 0 Å². The van der Waals surface area contributed by atoms with Gasteiger partial charge in [-0.1, -0.05) is 0 Å². The lowest BCUT2D eigenvalue weighted by Gasteiger charge is -2.47. The van der Waals surface area contributed by atoms with Crippen LogP contribution < -0.4 is 28.7 Å². The minimum atomic E-state index is -1.47. The smallest absolute Gasteiger partial charge is 0.176 e. The third kappa shape index (κ3) is 6.86. The van der Waals surface area contributed by atoms with Crippen LogP contribution in [0.4, 0.5) is 0 Å². The topological polar surface area (TPSA) is 318 Å². The number of nitrogens with two attached hydrogens (primary N) is 5. The molecule has 4 rings (SSSR count). The molecule has 2 heterocycles. The van der Waals surface area contributed by atoms with Crippen molar-refractivity contribution >= 4 is 0 Å². The van der Waals surface area contributed by atoms with Gasteiger partial charge in [0, 0.05) is 24.4 Å². The number of ether oxygens (including phenoxy) is 5. The van der Waals surface area contributed by atoms with Crippen molar-refractivity contribution in [1.29, 1.82) is 0 Å². The zero-order chi connectivity index (χ0) is 30.2. The molecule has 18 atom stereocenters. The molecule has 2 aliphatic heterocycles. The second kappa shape index (κ2) is 14.0. The summed E-state index contributed by atoms with van der Waals surface area (Å²) in [5.74, 6) is -0.437. The van der Waals surface area contributed by atoms with Crippen LogP contribution in [0, 0.1) is 5.92 Å². The first-order valence-electron chi connectivity index (χ1n) is 14.0. The van der Waals surface area contributed by atoms with E-state index in [2.05, 4.69) is 0 Å².